The fourth-order valence-electron chi connectivity index (χ4n) is 1.98. The predicted octanol–water partition coefficient (Wildman–Crippen LogP) is 2.51. The van der Waals surface area contributed by atoms with Crippen molar-refractivity contribution in [2.24, 2.45) is 0 Å². The van der Waals surface area contributed by atoms with Gasteiger partial charge < -0.3 is 5.32 Å². The smallest absolute Gasteiger partial charge is 0.271 e. The molecule has 1 heterocycles. The molecule has 0 atom stereocenters. The zero-order valence-electron chi connectivity index (χ0n) is 8.95. The molecule has 0 aliphatic heterocycles. The van der Waals surface area contributed by atoms with Crippen molar-refractivity contribution in [1.82, 2.24) is 9.69 Å². The van der Waals surface area contributed by atoms with E-state index >= 15 is 0 Å². The molecule has 0 aromatic carbocycles. The molecular weight excluding hydrogens is 208 g/mol. The average molecular weight is 224 g/mol. The van der Waals surface area contributed by atoms with E-state index in [1.807, 2.05) is 13.0 Å². The van der Waals surface area contributed by atoms with E-state index in [-0.39, 0.29) is 5.91 Å². The molecule has 1 N–H and O–H groups in total. The highest BCUT2D eigenvalue weighted by Crippen LogP contribution is 2.18. The summed E-state index contributed by atoms with van der Waals surface area (Å²) in [6.07, 6.45) is 6.02. The maximum Gasteiger partial charge on any atom is 0.271 e. The van der Waals surface area contributed by atoms with Crippen molar-refractivity contribution in [3.63, 3.8) is 0 Å². The van der Waals surface area contributed by atoms with Crippen LogP contribution in [0.4, 0.5) is 0 Å². The first-order chi connectivity index (χ1) is 7.25. The van der Waals surface area contributed by atoms with Crippen molar-refractivity contribution in [3.8, 4) is 0 Å². The molecular formula is C11H16N2OS. The molecule has 1 aliphatic rings. The van der Waals surface area contributed by atoms with Crippen LogP contribution >= 0.6 is 11.5 Å². The first kappa shape index (κ1) is 10.6. The Hall–Kier alpha value is -0.900. The Bertz CT molecular complexity index is 342. The molecule has 0 radical (unpaired) electrons. The summed E-state index contributed by atoms with van der Waals surface area (Å²) in [6, 6.07) is 2.22. The summed E-state index contributed by atoms with van der Waals surface area (Å²) >= 11 is 1.38. The minimum absolute atomic E-state index is 0.00810. The third-order valence-electron chi connectivity index (χ3n) is 2.80. The molecule has 82 valence electrons. The van der Waals surface area contributed by atoms with Gasteiger partial charge in [-0.3, -0.25) is 4.79 Å². The lowest BCUT2D eigenvalue weighted by Crippen LogP contribution is -2.36. The topological polar surface area (TPSA) is 42.0 Å². The Balaban J connectivity index is 1.91. The van der Waals surface area contributed by atoms with Crippen LogP contribution in [0.15, 0.2) is 6.07 Å². The number of hydrogen-bond donors (Lipinski definition) is 1. The van der Waals surface area contributed by atoms with Gasteiger partial charge in [-0.05, 0) is 37.4 Å². The van der Waals surface area contributed by atoms with E-state index in [1.165, 1.54) is 30.8 Å². The van der Waals surface area contributed by atoms with Gasteiger partial charge in [-0.25, -0.2) is 0 Å². The molecule has 3 nitrogen and oxygen atoms in total. The van der Waals surface area contributed by atoms with Gasteiger partial charge in [0, 0.05) is 10.9 Å². The average Bonchev–Trinajstić information content (AvgIpc) is 2.66. The van der Waals surface area contributed by atoms with Crippen LogP contribution in [-0.4, -0.2) is 16.3 Å². The Morgan fingerprint density at radius 1 is 1.47 bits per heavy atom. The van der Waals surface area contributed by atoms with E-state index < -0.39 is 0 Å². The quantitative estimate of drug-likeness (QED) is 0.838. The number of amides is 1. The zero-order chi connectivity index (χ0) is 10.7. The molecule has 1 aliphatic carbocycles. The third-order valence-corrected chi connectivity index (χ3v) is 3.49. The minimum atomic E-state index is -0.00810. The second-order valence-electron chi connectivity index (χ2n) is 4.13. The highest BCUT2D eigenvalue weighted by Gasteiger charge is 2.17. The van der Waals surface area contributed by atoms with Crippen LogP contribution < -0.4 is 5.32 Å². The largest absolute Gasteiger partial charge is 0.348 e. The first-order valence-corrected chi connectivity index (χ1v) is 6.27. The number of rotatable bonds is 2. The van der Waals surface area contributed by atoms with Crippen molar-refractivity contribution < 1.29 is 4.79 Å². The van der Waals surface area contributed by atoms with Crippen LogP contribution in [0.1, 0.15) is 47.5 Å². The molecule has 1 saturated carbocycles. The van der Waals surface area contributed by atoms with Crippen LogP contribution in [0.2, 0.25) is 0 Å². The van der Waals surface area contributed by atoms with Gasteiger partial charge in [0.2, 0.25) is 0 Å². The lowest BCUT2D eigenvalue weighted by atomic mass is 9.95. The summed E-state index contributed by atoms with van der Waals surface area (Å²) in [4.78, 5) is 12.8. The number of nitrogens with zero attached hydrogens (tertiary/aromatic N) is 1. The highest BCUT2D eigenvalue weighted by atomic mass is 32.1. The number of nitrogens with one attached hydrogen (secondary N) is 1. The van der Waals surface area contributed by atoms with E-state index in [9.17, 15) is 4.79 Å². The van der Waals surface area contributed by atoms with Crippen LogP contribution in [-0.2, 0) is 0 Å². The number of carbonyl (C=O) groups excluding carboxylic acids is 1. The molecule has 1 aromatic rings. The van der Waals surface area contributed by atoms with E-state index in [0.29, 0.717) is 11.7 Å². The van der Waals surface area contributed by atoms with E-state index in [4.69, 9.17) is 0 Å². The Kier molecular flexibility index (Phi) is 3.36. The molecule has 2 rings (SSSR count). The lowest BCUT2D eigenvalue weighted by molar-refractivity contribution is 0.0923. The molecule has 1 aromatic heterocycles. The van der Waals surface area contributed by atoms with Crippen molar-refractivity contribution in [1.29, 1.82) is 0 Å². The number of aryl methyl sites for hydroxylation is 1. The Labute approximate surface area is 94.1 Å². The first-order valence-electron chi connectivity index (χ1n) is 5.50. The number of hydrogen-bond acceptors (Lipinski definition) is 3. The van der Waals surface area contributed by atoms with Gasteiger partial charge in [0.1, 0.15) is 5.69 Å². The molecule has 15 heavy (non-hydrogen) atoms. The molecule has 1 amide bonds. The summed E-state index contributed by atoms with van der Waals surface area (Å²) in [5.74, 6) is -0.00810. The number of carbonyl (C=O) groups is 1. The van der Waals surface area contributed by atoms with Gasteiger partial charge in [0.05, 0.1) is 0 Å². The Morgan fingerprint density at radius 3 is 2.80 bits per heavy atom. The second kappa shape index (κ2) is 4.75. The second-order valence-corrected chi connectivity index (χ2v) is 5.14. The van der Waals surface area contributed by atoms with Crippen molar-refractivity contribution in [2.75, 3.05) is 0 Å². The summed E-state index contributed by atoms with van der Waals surface area (Å²) in [5.41, 5.74) is 0.572. The molecule has 1 fully saturated rings. The summed E-state index contributed by atoms with van der Waals surface area (Å²) < 4.78 is 4.11. The normalized spacial score (nSPS) is 17.7. The van der Waals surface area contributed by atoms with Crippen LogP contribution in [0.25, 0.3) is 0 Å². The van der Waals surface area contributed by atoms with Gasteiger partial charge in [-0.2, -0.15) is 4.37 Å². The third kappa shape index (κ3) is 2.78. The molecule has 4 heteroatoms. The van der Waals surface area contributed by atoms with Gasteiger partial charge >= 0.3 is 0 Å². The van der Waals surface area contributed by atoms with E-state index in [1.54, 1.807) is 0 Å². The number of aromatic nitrogens is 1. The van der Waals surface area contributed by atoms with Crippen LogP contribution in [0.3, 0.4) is 0 Å². The van der Waals surface area contributed by atoms with Crippen molar-refractivity contribution >= 4 is 17.4 Å². The van der Waals surface area contributed by atoms with Crippen LogP contribution in [0, 0.1) is 6.92 Å². The maximum atomic E-state index is 11.8. The van der Waals surface area contributed by atoms with Gasteiger partial charge in [-0.15, -0.1) is 0 Å². The monoisotopic (exact) mass is 224 g/mol. The van der Waals surface area contributed by atoms with E-state index in [0.717, 1.165) is 17.7 Å². The van der Waals surface area contributed by atoms with Crippen molar-refractivity contribution in [2.45, 2.75) is 45.1 Å². The Morgan fingerprint density at radius 2 is 2.20 bits per heavy atom. The van der Waals surface area contributed by atoms with Crippen molar-refractivity contribution in [3.05, 3.63) is 16.6 Å². The molecule has 0 bridgehead atoms. The summed E-state index contributed by atoms with van der Waals surface area (Å²) in [7, 11) is 0. The molecule has 0 spiro atoms. The summed E-state index contributed by atoms with van der Waals surface area (Å²) in [6.45, 7) is 1.97. The highest BCUT2D eigenvalue weighted by molar-refractivity contribution is 7.05. The molecule has 0 saturated heterocycles. The van der Waals surface area contributed by atoms with Crippen LogP contribution in [0.5, 0.6) is 0 Å². The summed E-state index contributed by atoms with van der Waals surface area (Å²) in [5, 5.41) is 3.05. The van der Waals surface area contributed by atoms with Gasteiger partial charge in [-0.1, -0.05) is 19.3 Å². The van der Waals surface area contributed by atoms with Gasteiger partial charge in [0.15, 0.2) is 0 Å². The molecule has 0 unspecified atom stereocenters. The van der Waals surface area contributed by atoms with Gasteiger partial charge in [0.25, 0.3) is 5.91 Å². The zero-order valence-corrected chi connectivity index (χ0v) is 9.77. The lowest BCUT2D eigenvalue weighted by Gasteiger charge is -2.22. The minimum Gasteiger partial charge on any atom is -0.348 e. The standard InChI is InChI=1S/C11H16N2OS/c1-8-7-10(13-15-8)11(14)12-9-5-3-2-4-6-9/h7,9H,2-6H2,1H3,(H,12,14). The van der Waals surface area contributed by atoms with E-state index in [2.05, 4.69) is 9.69 Å². The fraction of sp³-hybridized carbons (Fsp3) is 0.636. The maximum absolute atomic E-state index is 11.8. The predicted molar refractivity (Wildman–Crippen MR) is 61.2 cm³/mol. The SMILES string of the molecule is Cc1cc(C(=O)NC2CCCCC2)ns1. The fourth-order valence-corrected chi connectivity index (χ4v) is 2.52.